The minimum Gasteiger partial charge on any atom is -0.497 e. The molecule has 0 aromatic heterocycles. The Morgan fingerprint density at radius 3 is 2.87 bits per heavy atom. The average molecular weight is 317 g/mol. The van der Waals surface area contributed by atoms with Gasteiger partial charge in [-0.15, -0.1) is 0 Å². The number of carbonyl (C=O) groups is 2. The van der Waals surface area contributed by atoms with Crippen LogP contribution in [-0.2, 0) is 9.59 Å². The van der Waals surface area contributed by atoms with Gasteiger partial charge in [0, 0.05) is 31.7 Å². The Kier molecular flexibility index (Phi) is 4.52. The molecule has 0 unspecified atom stereocenters. The van der Waals surface area contributed by atoms with Crippen molar-refractivity contribution in [1.29, 1.82) is 0 Å². The topological polar surface area (TPSA) is 61.9 Å². The van der Waals surface area contributed by atoms with E-state index in [4.69, 9.17) is 4.74 Å². The number of nitrogens with one attached hydrogen (secondary N) is 1. The molecule has 1 aromatic carbocycles. The first-order valence-corrected chi connectivity index (χ1v) is 8.03. The van der Waals surface area contributed by atoms with Gasteiger partial charge in [-0.25, -0.2) is 0 Å². The van der Waals surface area contributed by atoms with Gasteiger partial charge in [-0.05, 0) is 43.8 Å². The Hall–Kier alpha value is -2.08. The van der Waals surface area contributed by atoms with Crippen LogP contribution in [0.5, 0.6) is 5.75 Å². The predicted molar refractivity (Wildman–Crippen MR) is 87.7 cm³/mol. The number of carbonyl (C=O) groups excluding carboxylic acids is 2. The molecule has 2 aliphatic rings. The summed E-state index contributed by atoms with van der Waals surface area (Å²) in [7, 11) is 3.67. The largest absolute Gasteiger partial charge is 0.497 e. The van der Waals surface area contributed by atoms with Crippen LogP contribution in [0, 0.1) is 0 Å². The molecular weight excluding hydrogens is 294 g/mol. The van der Waals surface area contributed by atoms with Gasteiger partial charge in [-0.1, -0.05) is 0 Å². The Labute approximate surface area is 136 Å². The summed E-state index contributed by atoms with van der Waals surface area (Å²) in [5.41, 5.74) is 1.57. The number of amides is 2. The van der Waals surface area contributed by atoms with Crippen LogP contribution < -0.4 is 10.1 Å². The lowest BCUT2D eigenvalue weighted by molar-refractivity contribution is -0.134. The zero-order chi connectivity index (χ0) is 16.4. The number of hydrogen-bond acceptors (Lipinski definition) is 4. The normalized spacial score (nSPS) is 22.1. The number of anilines is 1. The molecule has 1 fully saturated rings. The minimum atomic E-state index is -0.419. The fraction of sp³-hybridized carbons (Fsp3) is 0.529. The van der Waals surface area contributed by atoms with Gasteiger partial charge in [0.05, 0.1) is 13.0 Å². The van der Waals surface area contributed by atoms with E-state index in [1.807, 2.05) is 17.0 Å². The molecule has 2 amide bonds. The van der Waals surface area contributed by atoms with Crippen molar-refractivity contribution in [3.8, 4) is 5.75 Å². The van der Waals surface area contributed by atoms with Crippen LogP contribution in [-0.4, -0.2) is 62.0 Å². The summed E-state index contributed by atoms with van der Waals surface area (Å²) in [5.74, 6) is 0.225. The number of fused-ring (bicyclic) bond motifs is 1. The number of hydrogen-bond donors (Lipinski definition) is 1. The van der Waals surface area contributed by atoms with Crippen LogP contribution >= 0.6 is 0 Å². The highest BCUT2D eigenvalue weighted by atomic mass is 16.5. The molecular formula is C17H23N3O3. The van der Waals surface area contributed by atoms with Gasteiger partial charge in [-0.3, -0.25) is 9.59 Å². The van der Waals surface area contributed by atoms with Crippen molar-refractivity contribution in [2.24, 2.45) is 0 Å². The maximum Gasteiger partial charge on any atom is 0.230 e. The van der Waals surface area contributed by atoms with Gasteiger partial charge < -0.3 is 19.9 Å². The van der Waals surface area contributed by atoms with Crippen molar-refractivity contribution in [1.82, 2.24) is 9.80 Å². The fourth-order valence-electron chi connectivity index (χ4n) is 3.27. The molecule has 6 heteroatoms. The van der Waals surface area contributed by atoms with Gasteiger partial charge >= 0.3 is 0 Å². The SMILES string of the molecule is COc1ccc2c(c1)[C@@H](C(=O)N1CCCN(C)CC1)CC(=O)N2. The maximum atomic E-state index is 13.0. The highest BCUT2D eigenvalue weighted by molar-refractivity contribution is 6.01. The summed E-state index contributed by atoms with van der Waals surface area (Å²) in [5, 5.41) is 2.84. The molecule has 2 heterocycles. The van der Waals surface area contributed by atoms with E-state index in [0.717, 1.165) is 31.6 Å². The van der Waals surface area contributed by atoms with E-state index in [2.05, 4.69) is 17.3 Å². The molecule has 124 valence electrons. The molecule has 6 nitrogen and oxygen atoms in total. The molecule has 1 N–H and O–H groups in total. The third kappa shape index (κ3) is 3.32. The van der Waals surface area contributed by atoms with E-state index in [1.165, 1.54) is 0 Å². The third-order valence-corrected chi connectivity index (χ3v) is 4.63. The predicted octanol–water partition coefficient (Wildman–Crippen LogP) is 1.29. The minimum absolute atomic E-state index is 0.0460. The maximum absolute atomic E-state index is 13.0. The first kappa shape index (κ1) is 15.8. The molecule has 1 atom stereocenters. The van der Waals surface area contributed by atoms with Crippen molar-refractivity contribution >= 4 is 17.5 Å². The highest BCUT2D eigenvalue weighted by Crippen LogP contribution is 2.36. The van der Waals surface area contributed by atoms with Crippen molar-refractivity contribution in [3.63, 3.8) is 0 Å². The number of benzene rings is 1. The van der Waals surface area contributed by atoms with Crippen LogP contribution in [0.4, 0.5) is 5.69 Å². The number of methoxy groups -OCH3 is 1. The standard InChI is InChI=1S/C17H23N3O3/c1-19-6-3-7-20(9-8-19)17(22)14-11-16(21)18-15-5-4-12(23-2)10-13(14)15/h4-5,10,14H,3,6-9,11H2,1-2H3,(H,18,21)/t14-/m0/s1. The molecule has 0 saturated carbocycles. The van der Waals surface area contributed by atoms with Crippen molar-refractivity contribution in [2.75, 3.05) is 45.7 Å². The Morgan fingerprint density at radius 1 is 1.26 bits per heavy atom. The molecule has 2 aliphatic heterocycles. The van der Waals surface area contributed by atoms with Crippen LogP contribution in [0.2, 0.25) is 0 Å². The Bertz CT molecular complexity index is 617. The van der Waals surface area contributed by atoms with Crippen molar-refractivity contribution < 1.29 is 14.3 Å². The van der Waals surface area contributed by atoms with Crippen LogP contribution in [0.15, 0.2) is 18.2 Å². The van der Waals surface area contributed by atoms with Crippen LogP contribution in [0.1, 0.15) is 24.3 Å². The molecule has 0 radical (unpaired) electrons. The van der Waals surface area contributed by atoms with Crippen molar-refractivity contribution in [2.45, 2.75) is 18.8 Å². The quantitative estimate of drug-likeness (QED) is 0.893. The van der Waals surface area contributed by atoms with E-state index in [-0.39, 0.29) is 18.2 Å². The fourth-order valence-corrected chi connectivity index (χ4v) is 3.27. The van der Waals surface area contributed by atoms with E-state index < -0.39 is 5.92 Å². The lowest BCUT2D eigenvalue weighted by atomic mass is 9.89. The second-order valence-electron chi connectivity index (χ2n) is 6.24. The monoisotopic (exact) mass is 317 g/mol. The zero-order valence-electron chi connectivity index (χ0n) is 13.7. The molecule has 1 saturated heterocycles. The van der Waals surface area contributed by atoms with E-state index in [0.29, 0.717) is 18.0 Å². The number of nitrogens with zero attached hydrogens (tertiary/aromatic N) is 2. The van der Waals surface area contributed by atoms with Gasteiger partial charge in [0.15, 0.2) is 0 Å². The van der Waals surface area contributed by atoms with Crippen molar-refractivity contribution in [3.05, 3.63) is 23.8 Å². The average Bonchev–Trinajstić information content (AvgIpc) is 2.77. The number of rotatable bonds is 2. The number of ether oxygens (including phenoxy) is 1. The summed E-state index contributed by atoms with van der Waals surface area (Å²) in [4.78, 5) is 29.1. The summed E-state index contributed by atoms with van der Waals surface area (Å²) < 4.78 is 5.27. The molecule has 0 aliphatic carbocycles. The molecule has 23 heavy (non-hydrogen) atoms. The van der Waals surface area contributed by atoms with E-state index >= 15 is 0 Å². The lowest BCUT2D eigenvalue weighted by Gasteiger charge is -2.30. The van der Waals surface area contributed by atoms with Gasteiger partial charge in [-0.2, -0.15) is 0 Å². The summed E-state index contributed by atoms with van der Waals surface area (Å²) >= 11 is 0. The van der Waals surface area contributed by atoms with E-state index in [1.54, 1.807) is 13.2 Å². The lowest BCUT2D eigenvalue weighted by Crippen LogP contribution is -2.40. The molecule has 0 bridgehead atoms. The Balaban J connectivity index is 1.87. The smallest absolute Gasteiger partial charge is 0.230 e. The summed E-state index contributed by atoms with van der Waals surface area (Å²) in [6.45, 7) is 3.34. The van der Waals surface area contributed by atoms with Gasteiger partial charge in [0.1, 0.15) is 5.75 Å². The molecule has 0 spiro atoms. The second-order valence-corrected chi connectivity index (χ2v) is 6.24. The molecule has 3 rings (SSSR count). The molecule has 1 aromatic rings. The summed E-state index contributed by atoms with van der Waals surface area (Å²) in [6.07, 6.45) is 1.16. The first-order valence-electron chi connectivity index (χ1n) is 8.03. The Morgan fingerprint density at radius 2 is 2.09 bits per heavy atom. The summed E-state index contributed by atoms with van der Waals surface area (Å²) in [6, 6.07) is 5.47. The van der Waals surface area contributed by atoms with Gasteiger partial charge in [0.2, 0.25) is 11.8 Å². The van der Waals surface area contributed by atoms with Crippen LogP contribution in [0.3, 0.4) is 0 Å². The van der Waals surface area contributed by atoms with Crippen LogP contribution in [0.25, 0.3) is 0 Å². The second kappa shape index (κ2) is 6.58. The van der Waals surface area contributed by atoms with Gasteiger partial charge in [0.25, 0.3) is 0 Å². The number of likely N-dealkylation sites (N-methyl/N-ethyl adjacent to an activating group) is 1. The zero-order valence-corrected chi connectivity index (χ0v) is 13.7. The third-order valence-electron chi connectivity index (χ3n) is 4.63. The van der Waals surface area contributed by atoms with E-state index in [9.17, 15) is 9.59 Å². The first-order chi connectivity index (χ1) is 11.1. The highest BCUT2D eigenvalue weighted by Gasteiger charge is 2.34.